The molecule has 4 nitrogen and oxygen atoms in total. The number of H-pyrrole nitrogens is 1. The van der Waals surface area contributed by atoms with E-state index < -0.39 is 0 Å². The van der Waals surface area contributed by atoms with Gasteiger partial charge in [-0.15, -0.1) is 0 Å². The summed E-state index contributed by atoms with van der Waals surface area (Å²) in [6, 6.07) is 0.155. The Bertz CT molecular complexity index is 452. The first-order valence-corrected chi connectivity index (χ1v) is 7.31. The van der Waals surface area contributed by atoms with Gasteiger partial charge in [-0.05, 0) is 38.5 Å². The first kappa shape index (κ1) is 12.5. The summed E-state index contributed by atoms with van der Waals surface area (Å²) in [6.45, 7) is 0.879. The highest BCUT2D eigenvalue weighted by Gasteiger charge is 2.33. The Morgan fingerprint density at radius 3 is 3.00 bits per heavy atom. The number of allylic oxidation sites excluding steroid dienone is 2. The van der Waals surface area contributed by atoms with Crippen LogP contribution in [0.5, 0.6) is 0 Å². The Balaban J connectivity index is 1.76. The molecule has 0 saturated carbocycles. The zero-order chi connectivity index (χ0) is 13.1. The second-order valence-corrected chi connectivity index (χ2v) is 5.50. The quantitative estimate of drug-likeness (QED) is 0.830. The largest absolute Gasteiger partial charge is 0.347 e. The third-order valence-electron chi connectivity index (χ3n) is 4.24. The van der Waals surface area contributed by atoms with E-state index in [0.29, 0.717) is 5.91 Å². The van der Waals surface area contributed by atoms with Crippen LogP contribution >= 0.6 is 0 Å². The van der Waals surface area contributed by atoms with Gasteiger partial charge < -0.3 is 9.88 Å². The maximum Gasteiger partial charge on any atom is 0.226 e. The number of likely N-dealkylation sites (tertiary alicyclic amines) is 1. The molecule has 1 aliphatic carbocycles. The molecule has 1 amide bonds. The summed E-state index contributed by atoms with van der Waals surface area (Å²) in [4.78, 5) is 22.3. The lowest BCUT2D eigenvalue weighted by Crippen LogP contribution is -2.42. The highest BCUT2D eigenvalue weighted by molar-refractivity contribution is 5.79. The maximum absolute atomic E-state index is 12.7. The molecular weight excluding hydrogens is 238 g/mol. The van der Waals surface area contributed by atoms with E-state index in [0.717, 1.165) is 44.5 Å². The lowest BCUT2D eigenvalue weighted by molar-refractivity contribution is -0.140. The predicted octanol–water partition coefficient (Wildman–Crippen LogP) is 2.82. The third-order valence-corrected chi connectivity index (χ3v) is 4.24. The average molecular weight is 259 g/mol. The SMILES string of the molecule is O=C([C@H]1CC=CCC1)N1CCCC[C@@H]1c1ncc[nH]1. The molecular formula is C15H21N3O. The number of carbonyl (C=O) groups excluding carboxylic acids is 1. The molecule has 1 aliphatic heterocycles. The summed E-state index contributed by atoms with van der Waals surface area (Å²) in [7, 11) is 0. The summed E-state index contributed by atoms with van der Waals surface area (Å²) in [6.07, 6.45) is 14.2. The number of aromatic nitrogens is 2. The van der Waals surface area contributed by atoms with E-state index in [2.05, 4.69) is 27.0 Å². The molecule has 3 rings (SSSR count). The molecule has 2 atom stereocenters. The Labute approximate surface area is 113 Å². The molecule has 1 N–H and O–H groups in total. The van der Waals surface area contributed by atoms with Gasteiger partial charge in [-0.1, -0.05) is 12.2 Å². The summed E-state index contributed by atoms with van der Waals surface area (Å²) in [5.74, 6) is 1.45. The fourth-order valence-corrected chi connectivity index (χ4v) is 3.19. The van der Waals surface area contributed by atoms with Gasteiger partial charge in [0.25, 0.3) is 0 Å². The molecule has 19 heavy (non-hydrogen) atoms. The van der Waals surface area contributed by atoms with Gasteiger partial charge in [0.15, 0.2) is 0 Å². The normalized spacial score (nSPS) is 27.5. The highest BCUT2D eigenvalue weighted by Crippen LogP contribution is 2.32. The minimum absolute atomic E-state index is 0.155. The molecule has 0 radical (unpaired) electrons. The van der Waals surface area contributed by atoms with Gasteiger partial charge >= 0.3 is 0 Å². The van der Waals surface area contributed by atoms with Crippen molar-refractivity contribution in [2.45, 2.75) is 44.6 Å². The van der Waals surface area contributed by atoms with Crippen LogP contribution in [0.25, 0.3) is 0 Å². The van der Waals surface area contributed by atoms with Crippen molar-refractivity contribution in [2.75, 3.05) is 6.54 Å². The number of piperidine rings is 1. The number of hydrogen-bond donors (Lipinski definition) is 1. The molecule has 2 heterocycles. The van der Waals surface area contributed by atoms with E-state index in [9.17, 15) is 4.79 Å². The topological polar surface area (TPSA) is 49.0 Å². The van der Waals surface area contributed by atoms with Gasteiger partial charge in [0.05, 0.1) is 6.04 Å². The van der Waals surface area contributed by atoms with E-state index in [1.165, 1.54) is 6.42 Å². The van der Waals surface area contributed by atoms with Crippen LogP contribution < -0.4 is 0 Å². The second kappa shape index (κ2) is 5.59. The fourth-order valence-electron chi connectivity index (χ4n) is 3.19. The van der Waals surface area contributed by atoms with Gasteiger partial charge in [0.2, 0.25) is 5.91 Å². The number of aromatic amines is 1. The summed E-state index contributed by atoms with van der Waals surface area (Å²) in [5.41, 5.74) is 0. The standard InChI is InChI=1S/C15H21N3O/c19-15(12-6-2-1-3-7-12)18-11-5-4-8-13(18)14-16-9-10-17-14/h1-2,9-10,12-13H,3-8,11H2,(H,16,17)/t12-,13+/m0/s1. The molecule has 1 aromatic rings. The minimum atomic E-state index is 0.155. The van der Waals surface area contributed by atoms with E-state index in [1.807, 2.05) is 6.20 Å². The van der Waals surface area contributed by atoms with Crippen molar-refractivity contribution in [3.8, 4) is 0 Å². The average Bonchev–Trinajstić information content (AvgIpc) is 3.01. The Morgan fingerprint density at radius 2 is 2.26 bits per heavy atom. The van der Waals surface area contributed by atoms with Crippen molar-refractivity contribution in [1.29, 1.82) is 0 Å². The summed E-state index contributed by atoms with van der Waals surface area (Å²) >= 11 is 0. The van der Waals surface area contributed by atoms with Crippen molar-refractivity contribution < 1.29 is 4.79 Å². The second-order valence-electron chi connectivity index (χ2n) is 5.50. The Hall–Kier alpha value is -1.58. The predicted molar refractivity (Wildman–Crippen MR) is 73.4 cm³/mol. The highest BCUT2D eigenvalue weighted by atomic mass is 16.2. The number of amides is 1. The van der Waals surface area contributed by atoms with E-state index in [-0.39, 0.29) is 12.0 Å². The van der Waals surface area contributed by atoms with Crippen LogP contribution in [-0.4, -0.2) is 27.3 Å². The van der Waals surface area contributed by atoms with Crippen LogP contribution in [0.4, 0.5) is 0 Å². The molecule has 0 spiro atoms. The van der Waals surface area contributed by atoms with E-state index >= 15 is 0 Å². The molecule has 0 bridgehead atoms. The van der Waals surface area contributed by atoms with E-state index in [1.54, 1.807) is 6.20 Å². The molecule has 1 saturated heterocycles. The van der Waals surface area contributed by atoms with Gasteiger partial charge in [-0.3, -0.25) is 4.79 Å². The fraction of sp³-hybridized carbons (Fsp3) is 0.600. The maximum atomic E-state index is 12.7. The van der Waals surface area contributed by atoms with Crippen molar-refractivity contribution >= 4 is 5.91 Å². The number of imidazole rings is 1. The van der Waals surface area contributed by atoms with Crippen LogP contribution in [0.1, 0.15) is 50.4 Å². The van der Waals surface area contributed by atoms with Gasteiger partial charge in [0.1, 0.15) is 5.82 Å². The van der Waals surface area contributed by atoms with Crippen LogP contribution in [0.2, 0.25) is 0 Å². The van der Waals surface area contributed by atoms with Crippen molar-refractivity contribution in [2.24, 2.45) is 5.92 Å². The van der Waals surface area contributed by atoms with Crippen LogP contribution in [0.15, 0.2) is 24.5 Å². The molecule has 4 heteroatoms. The monoisotopic (exact) mass is 259 g/mol. The number of hydrogen-bond acceptors (Lipinski definition) is 2. The number of carbonyl (C=O) groups is 1. The van der Waals surface area contributed by atoms with Gasteiger partial charge in [0, 0.05) is 24.9 Å². The molecule has 1 aromatic heterocycles. The van der Waals surface area contributed by atoms with Crippen molar-refractivity contribution in [1.82, 2.24) is 14.9 Å². The Kier molecular flexibility index (Phi) is 3.67. The van der Waals surface area contributed by atoms with Crippen molar-refractivity contribution in [3.05, 3.63) is 30.4 Å². The number of nitrogens with one attached hydrogen (secondary N) is 1. The summed E-state index contributed by atoms with van der Waals surface area (Å²) < 4.78 is 0. The first-order chi connectivity index (χ1) is 9.36. The zero-order valence-electron chi connectivity index (χ0n) is 11.2. The first-order valence-electron chi connectivity index (χ1n) is 7.31. The minimum Gasteiger partial charge on any atom is -0.347 e. The lowest BCUT2D eigenvalue weighted by Gasteiger charge is -2.37. The third kappa shape index (κ3) is 2.57. The molecule has 0 unspecified atom stereocenters. The van der Waals surface area contributed by atoms with Gasteiger partial charge in [-0.2, -0.15) is 0 Å². The van der Waals surface area contributed by atoms with E-state index in [4.69, 9.17) is 0 Å². The van der Waals surface area contributed by atoms with Crippen molar-refractivity contribution in [3.63, 3.8) is 0 Å². The van der Waals surface area contributed by atoms with Crippen LogP contribution in [0, 0.1) is 5.92 Å². The lowest BCUT2D eigenvalue weighted by atomic mass is 9.91. The molecule has 1 fully saturated rings. The Morgan fingerprint density at radius 1 is 1.32 bits per heavy atom. The smallest absolute Gasteiger partial charge is 0.226 e. The number of nitrogens with zero attached hydrogens (tertiary/aromatic N) is 2. The number of rotatable bonds is 2. The van der Waals surface area contributed by atoms with Crippen LogP contribution in [-0.2, 0) is 4.79 Å². The molecule has 2 aliphatic rings. The summed E-state index contributed by atoms with van der Waals surface area (Å²) in [5, 5.41) is 0. The molecule has 0 aromatic carbocycles. The zero-order valence-corrected chi connectivity index (χ0v) is 11.2. The molecule has 102 valence electrons. The van der Waals surface area contributed by atoms with Crippen LogP contribution in [0.3, 0.4) is 0 Å². The van der Waals surface area contributed by atoms with Gasteiger partial charge in [-0.25, -0.2) is 4.98 Å².